The summed E-state index contributed by atoms with van der Waals surface area (Å²) in [4.78, 5) is 39.4. The molecule has 0 radical (unpaired) electrons. The van der Waals surface area contributed by atoms with Gasteiger partial charge in [0, 0.05) is 37.5 Å². The summed E-state index contributed by atoms with van der Waals surface area (Å²) in [6, 6.07) is 23.7. The van der Waals surface area contributed by atoms with E-state index in [9.17, 15) is 9.59 Å². The standard InChI is InChI=1S/C36H38N4O5/c1-4-45-34(41)20-32(28-14-18-33(44-3)37-21-28)40-23-30(36(40)42)25-9-11-26(12-10-25)31-17-13-27-6-5-19-39(35(27)38-31)22-24-7-15-29(43-2)16-8-24/h7-18,21,30,32H,4-6,19-20,22-23H2,1-3H3. The van der Waals surface area contributed by atoms with Gasteiger partial charge >= 0.3 is 5.97 Å². The second kappa shape index (κ2) is 13.4. The van der Waals surface area contributed by atoms with Gasteiger partial charge in [0.25, 0.3) is 0 Å². The van der Waals surface area contributed by atoms with Crippen LogP contribution in [0.1, 0.15) is 54.0 Å². The molecule has 2 aliphatic rings. The first-order chi connectivity index (χ1) is 22.0. The summed E-state index contributed by atoms with van der Waals surface area (Å²) in [5.74, 6) is 1.72. The fourth-order valence-electron chi connectivity index (χ4n) is 6.14. The van der Waals surface area contributed by atoms with Crippen molar-refractivity contribution >= 4 is 17.7 Å². The molecule has 0 spiro atoms. The number of anilines is 1. The lowest BCUT2D eigenvalue weighted by Gasteiger charge is -2.43. The number of ether oxygens (including phenoxy) is 3. The van der Waals surface area contributed by atoms with E-state index >= 15 is 0 Å². The highest BCUT2D eigenvalue weighted by Gasteiger charge is 2.43. The van der Waals surface area contributed by atoms with Crippen molar-refractivity contribution in [3.63, 3.8) is 0 Å². The van der Waals surface area contributed by atoms with Gasteiger partial charge < -0.3 is 24.0 Å². The Morgan fingerprint density at radius 1 is 0.978 bits per heavy atom. The highest BCUT2D eigenvalue weighted by molar-refractivity contribution is 5.90. The first kappa shape index (κ1) is 30.1. The number of fused-ring (bicyclic) bond motifs is 1. The Morgan fingerprint density at radius 2 is 1.78 bits per heavy atom. The monoisotopic (exact) mass is 606 g/mol. The number of carbonyl (C=O) groups excluding carboxylic acids is 2. The maximum atomic E-state index is 13.5. The van der Waals surface area contributed by atoms with E-state index in [0.29, 0.717) is 12.4 Å². The zero-order chi connectivity index (χ0) is 31.3. The average molecular weight is 607 g/mol. The van der Waals surface area contributed by atoms with Crippen molar-refractivity contribution in [3.05, 3.63) is 101 Å². The molecule has 2 unspecified atom stereocenters. The van der Waals surface area contributed by atoms with Crippen LogP contribution in [0.25, 0.3) is 11.3 Å². The molecule has 45 heavy (non-hydrogen) atoms. The molecule has 0 bridgehead atoms. The first-order valence-corrected chi connectivity index (χ1v) is 15.4. The largest absolute Gasteiger partial charge is 0.497 e. The molecule has 1 amide bonds. The molecule has 0 saturated carbocycles. The van der Waals surface area contributed by atoms with Crippen molar-refractivity contribution in [2.75, 3.05) is 38.8 Å². The minimum absolute atomic E-state index is 0.0195. The molecule has 232 valence electrons. The van der Waals surface area contributed by atoms with Gasteiger partial charge in [0.05, 0.1) is 44.9 Å². The zero-order valence-electron chi connectivity index (χ0n) is 25.9. The molecule has 2 aromatic carbocycles. The molecule has 1 fully saturated rings. The molecule has 2 atom stereocenters. The lowest BCUT2D eigenvalue weighted by atomic mass is 9.86. The molecule has 4 aromatic rings. The van der Waals surface area contributed by atoms with Crippen LogP contribution < -0.4 is 14.4 Å². The molecule has 0 aliphatic carbocycles. The van der Waals surface area contributed by atoms with Crippen LogP contribution in [0.2, 0.25) is 0 Å². The number of carbonyl (C=O) groups is 2. The van der Waals surface area contributed by atoms with Gasteiger partial charge in [0.1, 0.15) is 11.6 Å². The second-order valence-corrected chi connectivity index (χ2v) is 11.4. The number of aryl methyl sites for hydroxylation is 1. The summed E-state index contributed by atoms with van der Waals surface area (Å²) in [5.41, 5.74) is 6.11. The number of methoxy groups -OCH3 is 2. The third kappa shape index (κ3) is 6.48. The predicted octanol–water partition coefficient (Wildman–Crippen LogP) is 5.73. The molecule has 9 nitrogen and oxygen atoms in total. The number of nitrogens with zero attached hydrogens (tertiary/aromatic N) is 4. The highest BCUT2D eigenvalue weighted by atomic mass is 16.5. The fourth-order valence-corrected chi connectivity index (χ4v) is 6.14. The average Bonchev–Trinajstić information content (AvgIpc) is 3.08. The predicted molar refractivity (Wildman–Crippen MR) is 171 cm³/mol. The summed E-state index contributed by atoms with van der Waals surface area (Å²) in [6.45, 7) is 4.31. The number of rotatable bonds is 11. The van der Waals surface area contributed by atoms with Gasteiger partial charge in [0.15, 0.2) is 0 Å². The van der Waals surface area contributed by atoms with Crippen LogP contribution in [-0.4, -0.2) is 60.7 Å². The number of hydrogen-bond donors (Lipinski definition) is 0. The van der Waals surface area contributed by atoms with Crippen LogP contribution in [-0.2, 0) is 27.3 Å². The van der Waals surface area contributed by atoms with Crippen molar-refractivity contribution in [1.29, 1.82) is 0 Å². The topological polar surface area (TPSA) is 94.1 Å². The number of aromatic nitrogens is 2. The van der Waals surface area contributed by atoms with Gasteiger partial charge in [-0.25, -0.2) is 9.97 Å². The maximum Gasteiger partial charge on any atom is 0.308 e. The third-order valence-electron chi connectivity index (χ3n) is 8.63. The summed E-state index contributed by atoms with van der Waals surface area (Å²) in [6.07, 6.45) is 3.84. The fraction of sp³-hybridized carbons (Fsp3) is 0.333. The lowest BCUT2D eigenvalue weighted by molar-refractivity contribution is -0.151. The summed E-state index contributed by atoms with van der Waals surface area (Å²) in [5, 5.41) is 0. The third-order valence-corrected chi connectivity index (χ3v) is 8.63. The molecule has 2 aliphatic heterocycles. The smallest absolute Gasteiger partial charge is 0.308 e. The number of pyridine rings is 2. The maximum absolute atomic E-state index is 13.5. The van der Waals surface area contributed by atoms with E-state index in [2.05, 4.69) is 34.1 Å². The van der Waals surface area contributed by atoms with E-state index in [0.717, 1.165) is 59.9 Å². The lowest BCUT2D eigenvalue weighted by Crippen LogP contribution is -2.52. The van der Waals surface area contributed by atoms with E-state index in [1.54, 1.807) is 38.3 Å². The van der Waals surface area contributed by atoms with E-state index < -0.39 is 6.04 Å². The van der Waals surface area contributed by atoms with Crippen molar-refractivity contribution < 1.29 is 23.8 Å². The van der Waals surface area contributed by atoms with Gasteiger partial charge in [-0.05, 0) is 60.2 Å². The Kier molecular flexibility index (Phi) is 8.96. The number of likely N-dealkylation sites (tertiary alicyclic amines) is 1. The van der Waals surface area contributed by atoms with Crippen LogP contribution in [0.3, 0.4) is 0 Å². The van der Waals surface area contributed by atoms with E-state index in [-0.39, 0.29) is 30.8 Å². The van der Waals surface area contributed by atoms with Crippen LogP contribution in [0.4, 0.5) is 5.82 Å². The number of amides is 1. The molecule has 6 rings (SSSR count). The number of β-lactam (4-membered cyclic amide) rings is 1. The van der Waals surface area contributed by atoms with Gasteiger partial charge in [-0.15, -0.1) is 0 Å². The zero-order valence-corrected chi connectivity index (χ0v) is 25.9. The van der Waals surface area contributed by atoms with Crippen LogP contribution in [0.5, 0.6) is 11.6 Å². The van der Waals surface area contributed by atoms with E-state index in [1.807, 2.05) is 42.5 Å². The normalized spacial score (nSPS) is 16.4. The van der Waals surface area contributed by atoms with Gasteiger partial charge in [-0.3, -0.25) is 9.59 Å². The van der Waals surface area contributed by atoms with Crippen LogP contribution in [0.15, 0.2) is 79.0 Å². The Labute approximate surface area is 263 Å². The quantitative estimate of drug-likeness (QED) is 0.158. The van der Waals surface area contributed by atoms with Gasteiger partial charge in [0.2, 0.25) is 11.8 Å². The Morgan fingerprint density at radius 3 is 2.44 bits per heavy atom. The number of hydrogen-bond acceptors (Lipinski definition) is 8. The van der Waals surface area contributed by atoms with E-state index in [1.165, 1.54) is 11.1 Å². The highest BCUT2D eigenvalue weighted by Crippen LogP contribution is 2.38. The Hall–Kier alpha value is -4.92. The minimum Gasteiger partial charge on any atom is -0.497 e. The molecule has 1 saturated heterocycles. The second-order valence-electron chi connectivity index (χ2n) is 11.4. The van der Waals surface area contributed by atoms with Gasteiger partial charge in [-0.1, -0.05) is 48.5 Å². The molecular formula is C36H38N4O5. The SMILES string of the molecule is CCOC(=O)CC(c1ccc(OC)nc1)N1CC(c2ccc(-c3ccc4c(n3)N(Cc3ccc(OC)cc3)CCC4)cc2)C1=O. The summed E-state index contributed by atoms with van der Waals surface area (Å²) in [7, 11) is 3.23. The van der Waals surface area contributed by atoms with Crippen molar-refractivity contribution in [3.8, 4) is 22.9 Å². The number of benzene rings is 2. The van der Waals surface area contributed by atoms with Crippen LogP contribution >= 0.6 is 0 Å². The number of esters is 1. The van der Waals surface area contributed by atoms with Gasteiger partial charge in [-0.2, -0.15) is 0 Å². The molecular weight excluding hydrogens is 568 g/mol. The molecule has 0 N–H and O–H groups in total. The molecule has 4 heterocycles. The van der Waals surface area contributed by atoms with Crippen molar-refractivity contribution in [1.82, 2.24) is 14.9 Å². The molecule has 9 heteroatoms. The summed E-state index contributed by atoms with van der Waals surface area (Å²) >= 11 is 0. The summed E-state index contributed by atoms with van der Waals surface area (Å²) < 4.78 is 15.7. The van der Waals surface area contributed by atoms with E-state index in [4.69, 9.17) is 19.2 Å². The molecule has 2 aromatic heterocycles. The first-order valence-electron chi connectivity index (χ1n) is 15.4. The van der Waals surface area contributed by atoms with Crippen molar-refractivity contribution in [2.45, 2.75) is 44.7 Å². The van der Waals surface area contributed by atoms with Crippen molar-refractivity contribution in [2.24, 2.45) is 0 Å². The Balaban J connectivity index is 1.16. The Bertz CT molecular complexity index is 1640. The van der Waals surface area contributed by atoms with Crippen LogP contribution in [0, 0.1) is 0 Å². The minimum atomic E-state index is -0.453.